The van der Waals surface area contributed by atoms with Gasteiger partial charge in [-0.3, -0.25) is 9.59 Å². The first-order valence-electron chi connectivity index (χ1n) is 9.93. The van der Waals surface area contributed by atoms with Crippen LogP contribution in [0.25, 0.3) is 0 Å². The summed E-state index contributed by atoms with van der Waals surface area (Å²) in [7, 11) is 0. The first-order chi connectivity index (χ1) is 14.2. The molecule has 0 saturated carbocycles. The van der Waals surface area contributed by atoms with Gasteiger partial charge in [-0.05, 0) is 34.6 Å². The lowest BCUT2D eigenvalue weighted by Gasteiger charge is -2.38. The summed E-state index contributed by atoms with van der Waals surface area (Å²) in [6.07, 6.45) is 1.28. The Kier molecular flexibility index (Phi) is 6.06. The van der Waals surface area contributed by atoms with E-state index in [0.29, 0.717) is 13.1 Å². The van der Waals surface area contributed by atoms with E-state index >= 15 is 0 Å². The lowest BCUT2D eigenvalue weighted by Crippen LogP contribution is -2.41. The third kappa shape index (κ3) is 4.57. The first kappa shape index (κ1) is 19.4. The van der Waals surface area contributed by atoms with Gasteiger partial charge in [0.1, 0.15) is 0 Å². The normalized spacial score (nSPS) is 15.6. The minimum Gasteiger partial charge on any atom is -0.351 e. The minimum absolute atomic E-state index is 0.0274. The van der Waals surface area contributed by atoms with E-state index in [4.69, 9.17) is 0 Å². The molecule has 1 aliphatic heterocycles. The average molecular weight is 405 g/mol. The molecule has 0 radical (unpaired) electrons. The zero-order valence-electron chi connectivity index (χ0n) is 16.2. The highest BCUT2D eigenvalue weighted by Crippen LogP contribution is 2.35. The van der Waals surface area contributed by atoms with Gasteiger partial charge in [0, 0.05) is 24.3 Å². The van der Waals surface area contributed by atoms with Gasteiger partial charge in [0.05, 0.1) is 12.6 Å². The molecule has 4 nitrogen and oxygen atoms in total. The SMILES string of the molecule is O=C(CCC(=O)N1CCc2ccccc2[C@H]1c1ccccc1)NCc1cccs1. The highest BCUT2D eigenvalue weighted by molar-refractivity contribution is 7.09. The van der Waals surface area contributed by atoms with E-state index in [0.717, 1.165) is 16.9 Å². The summed E-state index contributed by atoms with van der Waals surface area (Å²) in [4.78, 5) is 28.3. The molecule has 29 heavy (non-hydrogen) atoms. The van der Waals surface area contributed by atoms with Crippen molar-refractivity contribution in [2.75, 3.05) is 6.54 Å². The Morgan fingerprint density at radius 3 is 2.55 bits per heavy atom. The molecule has 0 bridgehead atoms. The Morgan fingerprint density at radius 1 is 0.966 bits per heavy atom. The molecule has 1 aliphatic rings. The summed E-state index contributed by atoms with van der Waals surface area (Å²) in [5, 5.41) is 4.89. The van der Waals surface area contributed by atoms with Crippen molar-refractivity contribution in [3.05, 3.63) is 93.7 Å². The fourth-order valence-corrected chi connectivity index (χ4v) is 4.53. The standard InChI is InChI=1S/C24H24N2O2S/c27-22(25-17-20-10-6-16-29-20)12-13-23(28)26-15-14-18-7-4-5-11-21(18)24(26)19-8-2-1-3-9-19/h1-11,16,24H,12-15,17H2,(H,25,27)/t24-/m1/s1. The molecule has 2 aromatic carbocycles. The zero-order chi connectivity index (χ0) is 20.1. The van der Waals surface area contributed by atoms with Crippen molar-refractivity contribution in [2.45, 2.75) is 31.8 Å². The van der Waals surface area contributed by atoms with Crippen molar-refractivity contribution in [3.63, 3.8) is 0 Å². The molecule has 5 heteroatoms. The van der Waals surface area contributed by atoms with Gasteiger partial charge in [0.15, 0.2) is 0 Å². The van der Waals surface area contributed by atoms with Crippen LogP contribution in [0, 0.1) is 0 Å². The molecule has 0 unspecified atom stereocenters. The monoisotopic (exact) mass is 404 g/mol. The number of carbonyl (C=O) groups is 2. The summed E-state index contributed by atoms with van der Waals surface area (Å²) >= 11 is 1.61. The second-order valence-corrected chi connectivity index (χ2v) is 8.24. The maximum absolute atomic E-state index is 13.1. The molecule has 0 aliphatic carbocycles. The Bertz CT molecular complexity index is 970. The average Bonchev–Trinajstić information content (AvgIpc) is 3.29. The molecule has 0 fully saturated rings. The summed E-state index contributed by atoms with van der Waals surface area (Å²) in [5.74, 6) is -0.0555. The third-order valence-electron chi connectivity index (χ3n) is 5.32. The van der Waals surface area contributed by atoms with Crippen molar-refractivity contribution in [3.8, 4) is 0 Å². The van der Waals surface area contributed by atoms with E-state index in [1.807, 2.05) is 46.7 Å². The van der Waals surface area contributed by atoms with Crippen LogP contribution in [0.3, 0.4) is 0 Å². The number of nitrogens with zero attached hydrogens (tertiary/aromatic N) is 1. The number of carbonyl (C=O) groups excluding carboxylic acids is 2. The van der Waals surface area contributed by atoms with Crippen LogP contribution in [-0.4, -0.2) is 23.3 Å². The molecule has 148 valence electrons. The Hall–Kier alpha value is -2.92. The van der Waals surface area contributed by atoms with Gasteiger partial charge in [0.25, 0.3) is 0 Å². The molecule has 0 saturated heterocycles. The van der Waals surface area contributed by atoms with Crippen LogP contribution in [0.4, 0.5) is 0 Å². The van der Waals surface area contributed by atoms with Gasteiger partial charge in [0.2, 0.25) is 11.8 Å². The van der Waals surface area contributed by atoms with Crippen LogP contribution in [-0.2, 0) is 22.6 Å². The second kappa shape index (κ2) is 9.05. The highest BCUT2D eigenvalue weighted by Gasteiger charge is 2.31. The molecular weight excluding hydrogens is 380 g/mol. The van der Waals surface area contributed by atoms with E-state index in [1.165, 1.54) is 11.1 Å². The van der Waals surface area contributed by atoms with Gasteiger partial charge in [-0.15, -0.1) is 11.3 Å². The number of benzene rings is 2. The molecule has 1 N–H and O–H groups in total. The number of nitrogens with one attached hydrogen (secondary N) is 1. The van der Waals surface area contributed by atoms with Crippen molar-refractivity contribution >= 4 is 23.2 Å². The van der Waals surface area contributed by atoms with Crippen LogP contribution >= 0.6 is 11.3 Å². The van der Waals surface area contributed by atoms with Crippen molar-refractivity contribution in [1.82, 2.24) is 10.2 Å². The summed E-state index contributed by atoms with van der Waals surface area (Å²) < 4.78 is 0. The quantitative estimate of drug-likeness (QED) is 0.665. The molecule has 1 aromatic heterocycles. The van der Waals surface area contributed by atoms with Gasteiger partial charge in [-0.25, -0.2) is 0 Å². The largest absolute Gasteiger partial charge is 0.351 e. The number of fused-ring (bicyclic) bond motifs is 1. The predicted octanol–water partition coefficient (Wildman–Crippen LogP) is 4.32. The minimum atomic E-state index is -0.0946. The van der Waals surface area contributed by atoms with Crippen LogP contribution in [0.1, 0.15) is 40.5 Å². The lowest BCUT2D eigenvalue weighted by atomic mass is 9.88. The molecular formula is C24H24N2O2S. The van der Waals surface area contributed by atoms with Gasteiger partial charge >= 0.3 is 0 Å². The molecule has 2 heterocycles. The smallest absolute Gasteiger partial charge is 0.223 e. The van der Waals surface area contributed by atoms with E-state index in [9.17, 15) is 9.59 Å². The molecule has 0 spiro atoms. The third-order valence-corrected chi connectivity index (χ3v) is 6.20. The van der Waals surface area contributed by atoms with E-state index in [-0.39, 0.29) is 30.7 Å². The Balaban J connectivity index is 1.44. The molecule has 2 amide bonds. The summed E-state index contributed by atoms with van der Waals surface area (Å²) in [6.45, 7) is 1.20. The number of amides is 2. The van der Waals surface area contributed by atoms with Crippen molar-refractivity contribution in [2.24, 2.45) is 0 Å². The van der Waals surface area contributed by atoms with Crippen LogP contribution in [0.2, 0.25) is 0 Å². The fourth-order valence-electron chi connectivity index (χ4n) is 3.88. The number of thiophene rings is 1. The van der Waals surface area contributed by atoms with Crippen molar-refractivity contribution < 1.29 is 9.59 Å². The topological polar surface area (TPSA) is 49.4 Å². The van der Waals surface area contributed by atoms with Crippen LogP contribution in [0.15, 0.2) is 72.1 Å². The van der Waals surface area contributed by atoms with Gasteiger partial charge in [-0.1, -0.05) is 60.7 Å². The molecule has 1 atom stereocenters. The summed E-state index contributed by atoms with van der Waals surface area (Å²) in [6, 6.07) is 22.3. The fraction of sp³-hybridized carbons (Fsp3) is 0.250. The van der Waals surface area contributed by atoms with Crippen LogP contribution < -0.4 is 5.32 Å². The summed E-state index contributed by atoms with van der Waals surface area (Å²) in [5.41, 5.74) is 3.58. The number of rotatable bonds is 6. The molecule has 4 rings (SSSR count). The van der Waals surface area contributed by atoms with E-state index in [2.05, 4.69) is 35.6 Å². The maximum Gasteiger partial charge on any atom is 0.223 e. The maximum atomic E-state index is 13.1. The zero-order valence-corrected chi connectivity index (χ0v) is 17.0. The second-order valence-electron chi connectivity index (χ2n) is 7.21. The lowest BCUT2D eigenvalue weighted by molar-refractivity contribution is -0.135. The van der Waals surface area contributed by atoms with Crippen molar-refractivity contribution in [1.29, 1.82) is 0 Å². The van der Waals surface area contributed by atoms with E-state index < -0.39 is 0 Å². The van der Waals surface area contributed by atoms with Crippen LogP contribution in [0.5, 0.6) is 0 Å². The Morgan fingerprint density at radius 2 is 1.76 bits per heavy atom. The van der Waals surface area contributed by atoms with Gasteiger partial charge < -0.3 is 10.2 Å². The van der Waals surface area contributed by atoms with E-state index in [1.54, 1.807) is 11.3 Å². The molecule has 3 aromatic rings. The number of hydrogen-bond donors (Lipinski definition) is 1. The Labute approximate surface area is 175 Å². The first-order valence-corrected chi connectivity index (χ1v) is 10.8. The van der Waals surface area contributed by atoms with Gasteiger partial charge in [-0.2, -0.15) is 0 Å². The predicted molar refractivity (Wildman–Crippen MR) is 116 cm³/mol. The number of hydrogen-bond acceptors (Lipinski definition) is 3. The highest BCUT2D eigenvalue weighted by atomic mass is 32.1.